The summed E-state index contributed by atoms with van der Waals surface area (Å²) in [6, 6.07) is 6.90. The van der Waals surface area contributed by atoms with Crippen molar-refractivity contribution in [3.8, 4) is 0 Å². The molecule has 2 aliphatic heterocycles. The average Bonchev–Trinajstić information content (AvgIpc) is 2.92. The third-order valence-corrected chi connectivity index (χ3v) is 5.75. The quantitative estimate of drug-likeness (QED) is 0.567. The SMILES string of the molecule is CC1(C)OB(/C(Br)=C/CCN2C(=O)c3ccccc3C2=O)OC1(C)C. The van der Waals surface area contributed by atoms with Gasteiger partial charge in [-0.1, -0.05) is 34.1 Å². The monoisotopic (exact) mass is 405 g/mol. The Balaban J connectivity index is 1.63. The standard InChI is InChI=1S/C18H21BBrNO4/c1-17(2)18(3,4)25-19(24-17)14(20)10-7-11-21-15(22)12-8-5-6-9-13(12)16(21)23/h5-6,8-10H,7,11H2,1-4H3/b14-10-. The van der Waals surface area contributed by atoms with Crippen LogP contribution in [0.4, 0.5) is 0 Å². The zero-order valence-electron chi connectivity index (χ0n) is 14.8. The van der Waals surface area contributed by atoms with Crippen molar-refractivity contribution in [2.24, 2.45) is 0 Å². The van der Waals surface area contributed by atoms with E-state index in [4.69, 9.17) is 9.31 Å². The Hall–Kier alpha value is -1.44. The molecule has 2 heterocycles. The zero-order chi connectivity index (χ0) is 18.4. The number of hydrogen-bond acceptors (Lipinski definition) is 4. The third-order valence-electron chi connectivity index (χ3n) is 5.05. The summed E-state index contributed by atoms with van der Waals surface area (Å²) in [6.07, 6.45) is 2.42. The number of fused-ring (bicyclic) bond motifs is 1. The molecule has 5 nitrogen and oxygen atoms in total. The van der Waals surface area contributed by atoms with Gasteiger partial charge in [-0.25, -0.2) is 0 Å². The first-order valence-electron chi connectivity index (χ1n) is 8.30. The lowest BCUT2D eigenvalue weighted by Crippen LogP contribution is -2.41. The molecule has 0 atom stereocenters. The van der Waals surface area contributed by atoms with Crippen LogP contribution >= 0.6 is 15.9 Å². The van der Waals surface area contributed by atoms with E-state index in [0.29, 0.717) is 24.1 Å². The molecule has 0 spiro atoms. The number of benzene rings is 1. The molecule has 25 heavy (non-hydrogen) atoms. The largest absolute Gasteiger partial charge is 0.501 e. The van der Waals surface area contributed by atoms with E-state index in [1.807, 2.05) is 33.8 Å². The van der Waals surface area contributed by atoms with E-state index < -0.39 is 18.3 Å². The predicted octanol–water partition coefficient (Wildman–Crippen LogP) is 3.58. The van der Waals surface area contributed by atoms with Crippen molar-refractivity contribution < 1.29 is 18.9 Å². The van der Waals surface area contributed by atoms with Gasteiger partial charge in [-0.3, -0.25) is 14.5 Å². The molecular formula is C18H21BBrNO4. The first-order chi connectivity index (χ1) is 11.6. The number of carbonyl (C=O) groups excluding carboxylic acids is 2. The molecule has 3 rings (SSSR count). The number of halogens is 1. The smallest absolute Gasteiger partial charge is 0.399 e. The van der Waals surface area contributed by atoms with Crippen LogP contribution in [-0.4, -0.2) is 41.6 Å². The minimum absolute atomic E-state index is 0.235. The molecule has 1 saturated heterocycles. The van der Waals surface area contributed by atoms with Gasteiger partial charge in [0, 0.05) is 10.9 Å². The van der Waals surface area contributed by atoms with Crippen LogP contribution in [0.5, 0.6) is 0 Å². The Morgan fingerprint density at radius 2 is 1.56 bits per heavy atom. The maximum atomic E-state index is 12.3. The maximum Gasteiger partial charge on any atom is 0.501 e. The van der Waals surface area contributed by atoms with E-state index in [-0.39, 0.29) is 11.8 Å². The molecule has 7 heteroatoms. The van der Waals surface area contributed by atoms with Gasteiger partial charge in [-0.2, -0.15) is 0 Å². The summed E-state index contributed by atoms with van der Waals surface area (Å²) < 4.78 is 12.7. The Bertz CT molecular complexity index is 708. The Labute approximate surface area is 156 Å². The summed E-state index contributed by atoms with van der Waals surface area (Å²) in [5, 5.41) is 0. The number of hydrogen-bond donors (Lipinski definition) is 0. The fraction of sp³-hybridized carbons (Fsp3) is 0.444. The van der Waals surface area contributed by atoms with E-state index in [1.54, 1.807) is 24.3 Å². The van der Waals surface area contributed by atoms with Crippen molar-refractivity contribution in [2.45, 2.75) is 45.3 Å². The van der Waals surface area contributed by atoms with Gasteiger partial charge in [0.25, 0.3) is 11.8 Å². The molecule has 2 amide bonds. The fourth-order valence-electron chi connectivity index (χ4n) is 2.83. The number of nitrogens with zero attached hydrogens (tertiary/aromatic N) is 1. The highest BCUT2D eigenvalue weighted by molar-refractivity contribution is 9.12. The van der Waals surface area contributed by atoms with Crippen molar-refractivity contribution in [3.05, 3.63) is 45.9 Å². The Kier molecular flexibility index (Phi) is 4.68. The normalized spacial score (nSPS) is 21.9. The minimum atomic E-state index is -0.479. The zero-order valence-corrected chi connectivity index (χ0v) is 16.4. The van der Waals surface area contributed by atoms with E-state index in [1.165, 1.54) is 4.90 Å². The first-order valence-corrected chi connectivity index (χ1v) is 9.10. The molecule has 0 aliphatic carbocycles. The third kappa shape index (κ3) is 3.21. The molecule has 0 N–H and O–H groups in total. The van der Waals surface area contributed by atoms with Crippen LogP contribution in [0.1, 0.15) is 54.8 Å². The summed E-state index contributed by atoms with van der Waals surface area (Å²) in [5.41, 5.74) is 0.128. The van der Waals surface area contributed by atoms with Gasteiger partial charge in [0.05, 0.1) is 22.3 Å². The van der Waals surface area contributed by atoms with Crippen LogP contribution in [0, 0.1) is 0 Å². The molecule has 0 radical (unpaired) electrons. The van der Waals surface area contributed by atoms with E-state index in [0.717, 1.165) is 4.38 Å². The number of carbonyl (C=O) groups is 2. The highest BCUT2D eigenvalue weighted by Gasteiger charge is 2.52. The Morgan fingerprint density at radius 3 is 2.04 bits per heavy atom. The molecule has 0 unspecified atom stereocenters. The predicted molar refractivity (Wildman–Crippen MR) is 99.5 cm³/mol. The maximum absolute atomic E-state index is 12.3. The van der Waals surface area contributed by atoms with Gasteiger partial charge in [0.2, 0.25) is 0 Å². The second kappa shape index (κ2) is 6.38. The molecule has 1 aromatic rings. The van der Waals surface area contributed by atoms with Crippen LogP contribution < -0.4 is 0 Å². The van der Waals surface area contributed by atoms with Gasteiger partial charge in [0.1, 0.15) is 0 Å². The topological polar surface area (TPSA) is 55.8 Å². The summed E-state index contributed by atoms with van der Waals surface area (Å²) in [7, 11) is -0.479. The summed E-state index contributed by atoms with van der Waals surface area (Å²) >= 11 is 3.50. The molecule has 132 valence electrons. The van der Waals surface area contributed by atoms with Crippen LogP contribution in [0.2, 0.25) is 0 Å². The molecule has 0 bridgehead atoms. The molecule has 0 saturated carbocycles. The summed E-state index contributed by atoms with van der Waals surface area (Å²) in [6.45, 7) is 8.29. The van der Waals surface area contributed by atoms with Crippen molar-refractivity contribution >= 4 is 34.9 Å². The molecule has 1 fully saturated rings. The van der Waals surface area contributed by atoms with Crippen molar-refractivity contribution in [1.82, 2.24) is 4.90 Å². The van der Waals surface area contributed by atoms with Gasteiger partial charge in [-0.05, 0) is 46.2 Å². The summed E-state index contributed by atoms with van der Waals surface area (Å²) in [5.74, 6) is -0.471. The Morgan fingerprint density at radius 1 is 1.08 bits per heavy atom. The van der Waals surface area contributed by atoms with E-state index in [9.17, 15) is 9.59 Å². The first kappa shape index (κ1) is 18.4. The highest BCUT2D eigenvalue weighted by Crippen LogP contribution is 2.39. The van der Waals surface area contributed by atoms with Gasteiger partial charge >= 0.3 is 7.12 Å². The number of amides is 2. The molecule has 0 aromatic heterocycles. The average molecular weight is 406 g/mol. The number of imide groups is 1. The van der Waals surface area contributed by atoms with E-state index in [2.05, 4.69) is 15.9 Å². The lowest BCUT2D eigenvalue weighted by Gasteiger charge is -2.32. The van der Waals surface area contributed by atoms with Crippen LogP contribution in [0.15, 0.2) is 34.7 Å². The fourth-order valence-corrected chi connectivity index (χ4v) is 3.24. The second-order valence-corrected chi connectivity index (χ2v) is 8.19. The van der Waals surface area contributed by atoms with Crippen molar-refractivity contribution in [3.63, 3.8) is 0 Å². The molecule has 2 aliphatic rings. The number of rotatable bonds is 4. The highest BCUT2D eigenvalue weighted by atomic mass is 79.9. The van der Waals surface area contributed by atoms with Gasteiger partial charge in [-0.15, -0.1) is 0 Å². The lowest BCUT2D eigenvalue weighted by molar-refractivity contribution is 0.00578. The van der Waals surface area contributed by atoms with Crippen LogP contribution in [-0.2, 0) is 9.31 Å². The minimum Gasteiger partial charge on any atom is -0.399 e. The molecular weight excluding hydrogens is 385 g/mol. The van der Waals surface area contributed by atoms with Crippen molar-refractivity contribution in [1.29, 1.82) is 0 Å². The van der Waals surface area contributed by atoms with E-state index >= 15 is 0 Å². The van der Waals surface area contributed by atoms with Crippen molar-refractivity contribution in [2.75, 3.05) is 6.54 Å². The molecule has 1 aromatic carbocycles. The van der Waals surface area contributed by atoms with Crippen LogP contribution in [0.25, 0.3) is 0 Å². The van der Waals surface area contributed by atoms with Gasteiger partial charge < -0.3 is 9.31 Å². The lowest BCUT2D eigenvalue weighted by atomic mass is 9.89. The van der Waals surface area contributed by atoms with Crippen LogP contribution in [0.3, 0.4) is 0 Å². The second-order valence-electron chi connectivity index (χ2n) is 7.27. The van der Waals surface area contributed by atoms with Gasteiger partial charge in [0.15, 0.2) is 0 Å². The summed E-state index contributed by atoms with van der Waals surface area (Å²) in [4.78, 5) is 25.9.